The van der Waals surface area contributed by atoms with Crippen LogP contribution in [0.4, 0.5) is 4.79 Å². The van der Waals surface area contributed by atoms with Gasteiger partial charge < -0.3 is 10.1 Å². The topological polar surface area (TPSA) is 61.8 Å². The number of nitrogens with one attached hydrogen (secondary N) is 1. The second kappa shape index (κ2) is 6.93. The van der Waals surface area contributed by atoms with Crippen molar-refractivity contribution >= 4 is 6.03 Å². The molecule has 5 nitrogen and oxygen atoms in total. The molecule has 0 saturated heterocycles. The van der Waals surface area contributed by atoms with E-state index in [0.717, 1.165) is 23.0 Å². The van der Waals surface area contributed by atoms with Crippen molar-refractivity contribution in [1.82, 2.24) is 10.4 Å². The highest BCUT2D eigenvalue weighted by Gasteiger charge is 2.40. The molecular weight excluding hydrogens is 304 g/mol. The minimum Gasteiger partial charge on any atom is -0.457 e. The molecule has 0 radical (unpaired) electrons. The van der Waals surface area contributed by atoms with Gasteiger partial charge in [-0.05, 0) is 55.0 Å². The van der Waals surface area contributed by atoms with Gasteiger partial charge in [-0.25, -0.2) is 9.86 Å². The Morgan fingerprint density at radius 2 is 2.00 bits per heavy atom. The molecule has 0 heterocycles. The van der Waals surface area contributed by atoms with Gasteiger partial charge in [0.1, 0.15) is 11.5 Å². The summed E-state index contributed by atoms with van der Waals surface area (Å²) in [7, 11) is 1.50. The minimum absolute atomic E-state index is 0.280. The van der Waals surface area contributed by atoms with Crippen molar-refractivity contribution < 1.29 is 14.7 Å². The van der Waals surface area contributed by atoms with Crippen molar-refractivity contribution in [2.24, 2.45) is 5.92 Å². The van der Waals surface area contributed by atoms with E-state index in [2.05, 4.69) is 11.4 Å². The zero-order valence-corrected chi connectivity index (χ0v) is 13.9. The van der Waals surface area contributed by atoms with Crippen LogP contribution in [0.3, 0.4) is 0 Å². The van der Waals surface area contributed by atoms with Crippen molar-refractivity contribution in [3.05, 3.63) is 59.7 Å². The second-order valence-electron chi connectivity index (χ2n) is 6.23. The Bertz CT molecular complexity index is 715. The van der Waals surface area contributed by atoms with E-state index >= 15 is 0 Å². The highest BCUT2D eigenvalue weighted by Crippen LogP contribution is 2.48. The number of carbonyl (C=O) groups excluding carboxylic acids is 1. The second-order valence-corrected chi connectivity index (χ2v) is 6.23. The molecule has 2 aromatic carbocycles. The average molecular weight is 326 g/mol. The number of aryl methyl sites for hydroxylation is 1. The minimum atomic E-state index is -0.475. The van der Waals surface area contributed by atoms with Crippen LogP contribution in [0.25, 0.3) is 0 Å². The van der Waals surface area contributed by atoms with Crippen LogP contribution in [-0.4, -0.2) is 29.9 Å². The zero-order chi connectivity index (χ0) is 17.1. The number of carbonyl (C=O) groups is 1. The van der Waals surface area contributed by atoms with Gasteiger partial charge in [0.25, 0.3) is 0 Å². The third kappa shape index (κ3) is 3.86. The van der Waals surface area contributed by atoms with E-state index in [1.54, 1.807) is 0 Å². The van der Waals surface area contributed by atoms with Crippen molar-refractivity contribution in [3.63, 3.8) is 0 Å². The molecule has 0 bridgehead atoms. The largest absolute Gasteiger partial charge is 0.457 e. The molecule has 1 saturated carbocycles. The predicted octanol–water partition coefficient (Wildman–Crippen LogP) is 3.92. The third-order valence-electron chi connectivity index (χ3n) is 4.32. The first-order valence-corrected chi connectivity index (χ1v) is 8.09. The summed E-state index contributed by atoms with van der Waals surface area (Å²) in [6, 6.07) is 15.5. The highest BCUT2D eigenvalue weighted by atomic mass is 16.5. The van der Waals surface area contributed by atoms with Crippen molar-refractivity contribution in [2.45, 2.75) is 19.3 Å². The summed E-state index contributed by atoms with van der Waals surface area (Å²) in [5, 5.41) is 12.8. The monoisotopic (exact) mass is 326 g/mol. The Hall–Kier alpha value is -2.53. The first kappa shape index (κ1) is 16.3. The van der Waals surface area contributed by atoms with Gasteiger partial charge in [0.15, 0.2) is 0 Å². The highest BCUT2D eigenvalue weighted by molar-refractivity contribution is 5.72. The van der Waals surface area contributed by atoms with Gasteiger partial charge in [-0.3, -0.25) is 5.21 Å². The van der Waals surface area contributed by atoms with Crippen molar-refractivity contribution in [3.8, 4) is 11.5 Å². The van der Waals surface area contributed by atoms with E-state index in [1.165, 1.54) is 18.2 Å². The molecule has 3 rings (SSSR count). The fourth-order valence-corrected chi connectivity index (χ4v) is 2.84. The Morgan fingerprint density at radius 1 is 1.25 bits per heavy atom. The summed E-state index contributed by atoms with van der Waals surface area (Å²) in [6.07, 6.45) is 0.960. The lowest BCUT2D eigenvalue weighted by Gasteiger charge is -2.14. The number of hydrogen-bond donors (Lipinski definition) is 2. The summed E-state index contributed by atoms with van der Waals surface area (Å²) >= 11 is 0. The van der Waals surface area contributed by atoms with E-state index in [9.17, 15) is 10.0 Å². The summed E-state index contributed by atoms with van der Waals surface area (Å²) in [5.41, 5.74) is 2.37. The molecule has 1 fully saturated rings. The number of urea groups is 1. The molecule has 5 heteroatoms. The summed E-state index contributed by atoms with van der Waals surface area (Å²) in [4.78, 5) is 11.3. The molecule has 126 valence electrons. The van der Waals surface area contributed by atoms with E-state index in [0.29, 0.717) is 12.5 Å². The maximum Gasteiger partial charge on any atom is 0.340 e. The molecule has 0 spiro atoms. The Labute approximate surface area is 141 Å². The van der Waals surface area contributed by atoms with Gasteiger partial charge in [0.05, 0.1) is 6.54 Å². The van der Waals surface area contributed by atoms with Crippen LogP contribution >= 0.6 is 0 Å². The maximum absolute atomic E-state index is 11.3. The number of rotatable bonds is 5. The van der Waals surface area contributed by atoms with Crippen molar-refractivity contribution in [2.75, 3.05) is 13.6 Å². The smallest absolute Gasteiger partial charge is 0.340 e. The van der Waals surface area contributed by atoms with Gasteiger partial charge in [0.2, 0.25) is 0 Å². The predicted molar refractivity (Wildman–Crippen MR) is 91.5 cm³/mol. The van der Waals surface area contributed by atoms with Crippen molar-refractivity contribution in [1.29, 1.82) is 0 Å². The van der Waals surface area contributed by atoms with E-state index in [1.807, 2.05) is 49.4 Å². The fraction of sp³-hybridized carbons (Fsp3) is 0.316. The van der Waals surface area contributed by atoms with Crippen LogP contribution in [0.15, 0.2) is 48.5 Å². The number of ether oxygens (including phenoxy) is 1. The Morgan fingerprint density at radius 3 is 2.71 bits per heavy atom. The number of amides is 2. The molecule has 2 aromatic rings. The van der Waals surface area contributed by atoms with Crippen LogP contribution in [-0.2, 0) is 0 Å². The van der Waals surface area contributed by atoms with E-state index in [-0.39, 0.29) is 5.92 Å². The van der Waals surface area contributed by atoms with Gasteiger partial charge in [-0.15, -0.1) is 0 Å². The van der Waals surface area contributed by atoms with Gasteiger partial charge in [-0.1, -0.05) is 29.8 Å². The summed E-state index contributed by atoms with van der Waals surface area (Å²) < 4.78 is 5.90. The number of nitrogens with zero attached hydrogens (tertiary/aromatic N) is 1. The first-order valence-electron chi connectivity index (χ1n) is 8.09. The van der Waals surface area contributed by atoms with E-state index < -0.39 is 6.03 Å². The molecule has 2 N–H and O–H groups in total. The van der Waals surface area contributed by atoms with E-state index in [4.69, 9.17) is 4.74 Å². The number of benzene rings is 2. The summed E-state index contributed by atoms with van der Waals surface area (Å²) in [5.74, 6) is 2.24. The average Bonchev–Trinajstić information content (AvgIpc) is 3.35. The van der Waals surface area contributed by atoms with Gasteiger partial charge in [-0.2, -0.15) is 0 Å². The molecule has 0 unspecified atom stereocenters. The number of hydrogen-bond acceptors (Lipinski definition) is 3. The van der Waals surface area contributed by atoms with Crippen LogP contribution in [0.2, 0.25) is 0 Å². The van der Waals surface area contributed by atoms with Gasteiger partial charge in [0, 0.05) is 7.05 Å². The van der Waals surface area contributed by atoms with Gasteiger partial charge >= 0.3 is 6.03 Å². The van der Waals surface area contributed by atoms with Crippen LogP contribution < -0.4 is 10.1 Å². The molecule has 1 aliphatic carbocycles. The standard InChI is InChI=1S/C19H22N2O3/c1-13-6-8-16(9-7-13)24-17-5-3-4-14(10-17)18-11-15(18)12-21(23)19(22)20-2/h3-10,15,18,23H,11-12H2,1-2H3,(H,20,22)/t15-,18-/m0/s1. The molecule has 0 aromatic heterocycles. The molecule has 1 aliphatic rings. The fourth-order valence-electron chi connectivity index (χ4n) is 2.84. The number of hydroxylamine groups is 2. The van der Waals surface area contributed by atoms with Crippen LogP contribution in [0.1, 0.15) is 23.5 Å². The SMILES string of the molecule is CNC(=O)N(O)C[C@@H]1C[C@H]1c1cccc(Oc2ccc(C)cc2)c1. The quantitative estimate of drug-likeness (QED) is 0.646. The van der Waals surface area contributed by atoms with Crippen LogP contribution in [0.5, 0.6) is 11.5 Å². The molecule has 24 heavy (non-hydrogen) atoms. The lowest BCUT2D eigenvalue weighted by Crippen LogP contribution is -2.36. The Balaban J connectivity index is 1.62. The zero-order valence-electron chi connectivity index (χ0n) is 13.9. The molecular formula is C19H22N2O3. The lowest BCUT2D eigenvalue weighted by molar-refractivity contribution is -0.0462. The third-order valence-corrected chi connectivity index (χ3v) is 4.32. The normalized spacial score (nSPS) is 18.8. The first-order chi connectivity index (χ1) is 11.6. The lowest BCUT2D eigenvalue weighted by atomic mass is 10.1. The molecule has 2 atom stereocenters. The maximum atomic E-state index is 11.3. The molecule has 2 amide bonds. The Kier molecular flexibility index (Phi) is 4.71. The van der Waals surface area contributed by atoms with Crippen LogP contribution in [0, 0.1) is 12.8 Å². The summed E-state index contributed by atoms with van der Waals surface area (Å²) in [6.45, 7) is 2.38. The molecule has 0 aliphatic heterocycles.